The number of rotatable bonds is 19. The number of alkyl halides is 12. The Hall–Kier alpha value is -4.47. The third kappa shape index (κ3) is 21.6. The van der Waals surface area contributed by atoms with Crippen molar-refractivity contribution in [3.05, 3.63) is 168 Å². The van der Waals surface area contributed by atoms with Crippen molar-refractivity contribution in [2.24, 2.45) is 33.5 Å². The molecule has 6 saturated carbocycles. The predicted octanol–water partition coefficient (Wildman–Crippen LogP) is 24.3. The van der Waals surface area contributed by atoms with Crippen molar-refractivity contribution in [2.45, 2.75) is 307 Å². The van der Waals surface area contributed by atoms with Crippen molar-refractivity contribution < 1.29 is 95.4 Å². The number of hydrogen-bond acceptors (Lipinski definition) is 9. The fourth-order valence-electron chi connectivity index (χ4n) is 17.2. The molecule has 9 nitrogen and oxygen atoms in total. The Bertz CT molecular complexity index is 3830. The second kappa shape index (κ2) is 35.5. The van der Waals surface area contributed by atoms with Crippen molar-refractivity contribution in [3.8, 4) is 0 Å². The first kappa shape index (κ1) is 95.7. The fraction of sp³-hybridized carbons (Fsp3) is 0.648. The second-order valence-corrected chi connectivity index (χ2v) is 54.2. The lowest BCUT2D eigenvalue weighted by molar-refractivity contribution is -0.347. The number of hydrogen-bond donors (Lipinski definition) is 3. The molecule has 8 aliphatic carbocycles. The van der Waals surface area contributed by atoms with Gasteiger partial charge in [-0.1, -0.05) is 196 Å². The molecule has 11 rings (SSSR count). The van der Waals surface area contributed by atoms with Crippen LogP contribution in [0, 0.1) is 33.5 Å². The highest BCUT2D eigenvalue weighted by atomic mass is 31.2. The average molecular weight is 1670 g/mol. The number of carbonyl (C=O) groups excluding carboxylic acids is 1. The Kier molecular flexibility index (Phi) is 30.0. The number of ketones is 1. The number of aliphatic hydroxyl groups excluding tert-OH is 2. The van der Waals surface area contributed by atoms with Crippen LogP contribution in [-0.4, -0.2) is 126 Å². The van der Waals surface area contributed by atoms with E-state index in [1.165, 1.54) is 38.1 Å². The Morgan fingerprint density at radius 3 is 1.49 bits per heavy atom. The van der Waals surface area contributed by atoms with Crippen LogP contribution >= 0.6 is 7.14 Å². The van der Waals surface area contributed by atoms with E-state index in [-0.39, 0.29) is 89.6 Å². The average Bonchev–Trinajstić information content (AvgIpc) is 1.16. The first-order chi connectivity index (χ1) is 51.4. The van der Waals surface area contributed by atoms with Gasteiger partial charge >= 0.3 is 24.7 Å². The molecule has 3 N–H and O–H groups in total. The van der Waals surface area contributed by atoms with Crippen molar-refractivity contribution in [2.75, 3.05) is 19.4 Å². The van der Waals surface area contributed by atoms with E-state index in [1.807, 2.05) is 85.8 Å². The van der Waals surface area contributed by atoms with Gasteiger partial charge in [0.05, 0.1) is 24.4 Å². The summed E-state index contributed by atoms with van der Waals surface area (Å²) in [4.78, 5) is 12.4. The minimum Gasteiger partial charge on any atom is -0.413 e. The Morgan fingerprint density at radius 2 is 1.04 bits per heavy atom. The summed E-state index contributed by atoms with van der Waals surface area (Å²) in [6.07, 6.45) is 2.09. The lowest BCUT2D eigenvalue weighted by Crippen LogP contribution is -2.61. The van der Waals surface area contributed by atoms with Crippen molar-refractivity contribution in [1.82, 2.24) is 0 Å². The maximum absolute atomic E-state index is 14.7. The topological polar surface area (TPSA) is 132 Å². The number of fused-ring (bicyclic) bond motifs is 2. The van der Waals surface area contributed by atoms with Crippen LogP contribution in [0.3, 0.4) is 0 Å². The van der Waals surface area contributed by atoms with Crippen LogP contribution < -0.4 is 10.6 Å². The lowest BCUT2D eigenvalue weighted by atomic mass is 9.61. The third-order valence-corrected chi connectivity index (χ3v) is 38.9. The molecule has 2 aromatic rings. The summed E-state index contributed by atoms with van der Waals surface area (Å²) < 4.78 is 199. The third-order valence-electron chi connectivity index (χ3n) is 26.0. The van der Waals surface area contributed by atoms with Gasteiger partial charge in [-0.05, 0) is 227 Å². The van der Waals surface area contributed by atoms with E-state index in [0.29, 0.717) is 56.7 Å². The summed E-state index contributed by atoms with van der Waals surface area (Å²) in [7, 11) is -10.1. The maximum Gasteiger partial charge on any atom is 0.429 e. The molecule has 0 aromatic heterocycles. The molecule has 0 bridgehead atoms. The standard InChI is InChI=1S/C33H51O3PSi2.C28H34F6O3.C22H30F6O2Si.C4H8O.CH4/c1-26-27(22-23-37(34,29-18-14-12-15-19-29)30-20-16-13-17-21-30)24-28(35-38(8,9)32(2,3)4)25-31(26)36-39(10,11)33(5,6)7;1-17-19(15-20(35)16-22(17)36)7-6-18-5-3-10-24(2)21(18)8-9-23(24)25(13-14-25)11-4-12-26(37,27(29,30)31)28(32,33)34;1-18-10-5-7-16(29)15(18)8-9-17(18)19(13-14-19)11-6-12-20(21(23,24)25,22(26,27)28)30-31(2,3)4;1-2-4-5-3-1;/h12-22,28,31H,1,23-25H2,2-11H3;4,6-7,9,12,20-22,35-37H,1,3,5,8,10-11,13-16H2,2H3;6,9,12,15H,5,7-8,10-11,13-14H2,1-4H3;1-4H2;1H4/b27-22-;12-4-,18-6+,19-7-;12-6-;;/t28?,31-;20?,21?,22-,24-;15?,18-;;/m000../s1. The molecule has 113 heavy (non-hydrogen) atoms. The quantitative estimate of drug-likeness (QED) is 0.0544. The van der Waals surface area contributed by atoms with Crippen LogP contribution in [0.1, 0.15) is 191 Å². The fourth-order valence-corrected chi connectivity index (χ4v) is 23.6. The maximum atomic E-state index is 14.7. The minimum atomic E-state index is -5.87. The zero-order chi connectivity index (χ0) is 83.8. The Labute approximate surface area is 668 Å². The van der Waals surface area contributed by atoms with E-state index >= 15 is 0 Å². The van der Waals surface area contributed by atoms with Crippen molar-refractivity contribution >= 4 is 48.5 Å². The van der Waals surface area contributed by atoms with Gasteiger partial charge in [0, 0.05) is 55.2 Å². The van der Waals surface area contributed by atoms with Crippen LogP contribution in [0.4, 0.5) is 52.7 Å². The van der Waals surface area contributed by atoms with Crippen molar-refractivity contribution in [1.29, 1.82) is 0 Å². The molecule has 2 aromatic carbocycles. The van der Waals surface area contributed by atoms with E-state index in [2.05, 4.69) is 100.0 Å². The van der Waals surface area contributed by atoms with E-state index in [0.717, 1.165) is 115 Å². The molecule has 1 aliphatic heterocycles. The summed E-state index contributed by atoms with van der Waals surface area (Å²) in [5.41, 5.74) is -3.74. The molecule has 0 spiro atoms. The number of ether oxygens (including phenoxy) is 1. The molecule has 7 fully saturated rings. The second-order valence-electron chi connectivity index (χ2n) is 37.3. The smallest absolute Gasteiger partial charge is 0.413 e. The van der Waals surface area contributed by atoms with Crippen LogP contribution in [0.15, 0.2) is 168 Å². The highest BCUT2D eigenvalue weighted by Crippen LogP contribution is 2.69. The van der Waals surface area contributed by atoms with E-state index in [4.69, 9.17) is 18.0 Å². The number of halogens is 12. The van der Waals surface area contributed by atoms with Gasteiger partial charge in [-0.15, -0.1) is 0 Å². The number of carbonyl (C=O) groups is 1. The lowest BCUT2D eigenvalue weighted by Gasteiger charge is -2.45. The summed E-state index contributed by atoms with van der Waals surface area (Å²) in [6.45, 7) is 41.6. The van der Waals surface area contributed by atoms with Gasteiger partial charge in [-0.25, -0.2) is 0 Å². The largest absolute Gasteiger partial charge is 0.429 e. The first-order valence-electron chi connectivity index (χ1n) is 39.9. The molecule has 0 amide bonds. The minimum absolute atomic E-state index is 0. The molecular weight excluding hydrogens is 1540 g/mol. The van der Waals surface area contributed by atoms with Gasteiger partial charge < -0.3 is 37.9 Å². The number of allylic oxidation sites excluding steroid dienone is 10. The Balaban J connectivity index is 0.000000227. The number of benzene rings is 2. The van der Waals surface area contributed by atoms with Crippen molar-refractivity contribution in [3.63, 3.8) is 0 Å². The Morgan fingerprint density at radius 1 is 0.584 bits per heavy atom. The summed E-state index contributed by atoms with van der Waals surface area (Å²) in [5, 5.41) is 31.6. The van der Waals surface area contributed by atoms with E-state index in [9.17, 15) is 77.4 Å². The van der Waals surface area contributed by atoms with Crippen LogP contribution in [-0.2, 0) is 27.4 Å². The molecule has 4 unspecified atom stereocenters. The van der Waals surface area contributed by atoms with Gasteiger partial charge in [0.15, 0.2) is 25.0 Å². The molecule has 634 valence electrons. The normalized spacial score (nSPS) is 27.7. The zero-order valence-electron chi connectivity index (χ0n) is 68.4. The number of aliphatic hydroxyl groups is 3. The summed E-state index contributed by atoms with van der Waals surface area (Å²) in [6, 6.07) is 19.8. The van der Waals surface area contributed by atoms with Gasteiger partial charge in [0.25, 0.3) is 11.2 Å². The van der Waals surface area contributed by atoms with Gasteiger partial charge in [0.2, 0.25) is 0 Å². The SMILES string of the molecule is C.C1CCOC1.C=C1/C(=C\C=C2/CCC[C@]3(C)C(C4(C/C=C\C(O)(C(F)(F)F)C(F)(F)F)CC4)=CCC23)CC(O)C[C@@H]1O.C=C1/C(=C\CP(=O)(c2ccccc2)c2ccccc2)CC(O[Si](C)(C)C(C)(C)C)C[C@@H]1O[Si](C)(C)C(C)(C)C.C[C@]12CCCC(=O)C1CC=C2C1(C/C=C\C(O[Si](C)(C)C)(C(F)(F)F)C(F)(F)F)CC1. The summed E-state index contributed by atoms with van der Waals surface area (Å²) >= 11 is 0. The van der Waals surface area contributed by atoms with E-state index in [1.54, 1.807) is 0 Å². The molecular formula is C88H127F12O9PSi3. The monoisotopic (exact) mass is 1670 g/mol. The molecule has 1 saturated heterocycles. The highest BCUT2D eigenvalue weighted by molar-refractivity contribution is 7.78. The number of Topliss-reactive ketones (excluding diaryl/α,β-unsaturated/α-hetero) is 1. The first-order valence-corrected chi connectivity index (χ1v) is 51.0. The van der Waals surface area contributed by atoms with E-state index < -0.39 is 91.0 Å². The molecule has 1 heterocycles. The summed E-state index contributed by atoms with van der Waals surface area (Å²) in [5.74, 6) is 0.268. The molecule has 9 aliphatic rings. The van der Waals surface area contributed by atoms with Crippen LogP contribution in [0.2, 0.25) is 55.9 Å². The zero-order valence-corrected chi connectivity index (χ0v) is 72.3. The molecule has 0 radical (unpaired) electrons. The molecule has 25 heteroatoms. The van der Waals surface area contributed by atoms with Gasteiger partial charge in [0.1, 0.15) is 12.9 Å². The van der Waals surface area contributed by atoms with Gasteiger partial charge in [-0.3, -0.25) is 4.79 Å². The van der Waals surface area contributed by atoms with Crippen LogP contribution in [0.5, 0.6) is 0 Å². The van der Waals surface area contributed by atoms with Gasteiger partial charge in [-0.2, -0.15) is 52.7 Å². The van der Waals surface area contributed by atoms with Crippen LogP contribution in [0.25, 0.3) is 0 Å². The highest BCUT2D eigenvalue weighted by Gasteiger charge is 2.72. The molecule has 8 atom stereocenters. The predicted molar refractivity (Wildman–Crippen MR) is 437 cm³/mol.